The number of thioether (sulfide) groups is 1. The van der Waals surface area contributed by atoms with Gasteiger partial charge in [0.2, 0.25) is 5.91 Å². The summed E-state index contributed by atoms with van der Waals surface area (Å²) in [5.74, 6) is 1.89. The SMILES string of the molecule is CC1OCCC1NC(=O)C1CSCN1. The Morgan fingerprint density at radius 2 is 2.50 bits per heavy atom. The van der Waals surface area contributed by atoms with Crippen molar-refractivity contribution in [3.63, 3.8) is 0 Å². The van der Waals surface area contributed by atoms with Gasteiger partial charge in [-0.3, -0.25) is 10.1 Å². The molecular weight excluding hydrogens is 200 g/mol. The van der Waals surface area contributed by atoms with E-state index in [0.717, 1.165) is 24.7 Å². The lowest BCUT2D eigenvalue weighted by Gasteiger charge is -2.18. The number of ether oxygens (including phenoxy) is 1. The first-order valence-corrected chi connectivity index (χ1v) is 6.16. The maximum absolute atomic E-state index is 11.7. The summed E-state index contributed by atoms with van der Waals surface area (Å²) in [6.45, 7) is 2.77. The van der Waals surface area contributed by atoms with Crippen molar-refractivity contribution in [3.05, 3.63) is 0 Å². The van der Waals surface area contributed by atoms with Crippen molar-refractivity contribution in [2.75, 3.05) is 18.2 Å². The van der Waals surface area contributed by atoms with Crippen LogP contribution in [0.1, 0.15) is 13.3 Å². The van der Waals surface area contributed by atoms with E-state index in [2.05, 4.69) is 10.6 Å². The van der Waals surface area contributed by atoms with E-state index in [1.165, 1.54) is 0 Å². The van der Waals surface area contributed by atoms with E-state index in [1.807, 2.05) is 6.92 Å². The number of amides is 1. The van der Waals surface area contributed by atoms with Crippen LogP contribution in [0.3, 0.4) is 0 Å². The zero-order chi connectivity index (χ0) is 9.97. The van der Waals surface area contributed by atoms with Crippen LogP contribution in [0.15, 0.2) is 0 Å². The third-order valence-corrected chi connectivity index (χ3v) is 3.68. The second-order valence-corrected chi connectivity index (χ2v) is 4.78. The van der Waals surface area contributed by atoms with Gasteiger partial charge in [-0.1, -0.05) is 0 Å². The summed E-state index contributed by atoms with van der Waals surface area (Å²) in [6.07, 6.45) is 1.10. The van der Waals surface area contributed by atoms with E-state index in [4.69, 9.17) is 4.74 Å². The molecule has 0 spiro atoms. The van der Waals surface area contributed by atoms with Gasteiger partial charge >= 0.3 is 0 Å². The summed E-state index contributed by atoms with van der Waals surface area (Å²) in [7, 11) is 0. The van der Waals surface area contributed by atoms with Crippen LogP contribution < -0.4 is 10.6 Å². The molecule has 0 bridgehead atoms. The largest absolute Gasteiger partial charge is 0.376 e. The fourth-order valence-electron chi connectivity index (χ4n) is 1.77. The molecule has 1 amide bonds. The second kappa shape index (κ2) is 4.51. The third-order valence-electron chi connectivity index (χ3n) is 2.74. The third kappa shape index (κ3) is 2.21. The Morgan fingerprint density at radius 1 is 1.64 bits per heavy atom. The van der Waals surface area contributed by atoms with Crippen LogP contribution in [0.2, 0.25) is 0 Å². The summed E-state index contributed by atoms with van der Waals surface area (Å²) in [5, 5.41) is 6.19. The topological polar surface area (TPSA) is 50.4 Å². The van der Waals surface area contributed by atoms with Gasteiger partial charge in [-0.2, -0.15) is 0 Å². The van der Waals surface area contributed by atoms with Crippen molar-refractivity contribution >= 4 is 17.7 Å². The molecule has 2 aliphatic heterocycles. The maximum Gasteiger partial charge on any atom is 0.238 e. The average Bonchev–Trinajstić information content (AvgIpc) is 2.77. The molecule has 3 atom stereocenters. The van der Waals surface area contributed by atoms with E-state index in [0.29, 0.717) is 0 Å². The highest BCUT2D eigenvalue weighted by molar-refractivity contribution is 7.99. The maximum atomic E-state index is 11.7. The van der Waals surface area contributed by atoms with Crippen molar-refractivity contribution in [1.29, 1.82) is 0 Å². The van der Waals surface area contributed by atoms with Gasteiger partial charge in [-0.05, 0) is 13.3 Å². The molecule has 4 nitrogen and oxygen atoms in total. The van der Waals surface area contributed by atoms with E-state index >= 15 is 0 Å². The molecule has 2 aliphatic rings. The highest BCUT2D eigenvalue weighted by Gasteiger charge is 2.29. The van der Waals surface area contributed by atoms with Gasteiger partial charge < -0.3 is 10.1 Å². The molecule has 5 heteroatoms. The van der Waals surface area contributed by atoms with Crippen LogP contribution in [-0.2, 0) is 9.53 Å². The molecule has 0 aromatic carbocycles. The molecule has 0 aromatic rings. The molecule has 2 saturated heterocycles. The number of hydrogen-bond donors (Lipinski definition) is 2. The predicted octanol–water partition coefficient (Wildman–Crippen LogP) is -0.0575. The van der Waals surface area contributed by atoms with Crippen LogP contribution in [-0.4, -0.2) is 42.3 Å². The van der Waals surface area contributed by atoms with Crippen LogP contribution in [0, 0.1) is 0 Å². The molecule has 0 aromatic heterocycles. The van der Waals surface area contributed by atoms with Gasteiger partial charge in [0.1, 0.15) is 0 Å². The first-order valence-electron chi connectivity index (χ1n) is 5.00. The predicted molar refractivity (Wildman–Crippen MR) is 56.2 cm³/mol. The van der Waals surface area contributed by atoms with E-state index in [1.54, 1.807) is 11.8 Å². The standard InChI is InChI=1S/C9H16N2O2S/c1-6-7(2-3-13-6)11-9(12)8-4-14-5-10-8/h6-8,10H,2-5H2,1H3,(H,11,12). The smallest absolute Gasteiger partial charge is 0.238 e. The summed E-state index contributed by atoms with van der Waals surface area (Å²) in [5.41, 5.74) is 0. The lowest BCUT2D eigenvalue weighted by atomic mass is 10.1. The lowest BCUT2D eigenvalue weighted by molar-refractivity contribution is -0.123. The molecule has 2 N–H and O–H groups in total. The second-order valence-electron chi connectivity index (χ2n) is 3.75. The van der Waals surface area contributed by atoms with Crippen molar-refractivity contribution in [1.82, 2.24) is 10.6 Å². The molecule has 2 heterocycles. The number of carbonyl (C=O) groups excluding carboxylic acids is 1. The first-order chi connectivity index (χ1) is 6.77. The lowest BCUT2D eigenvalue weighted by Crippen LogP contribution is -2.48. The molecule has 0 aliphatic carbocycles. The van der Waals surface area contributed by atoms with Crippen molar-refractivity contribution in [2.45, 2.75) is 31.5 Å². The van der Waals surface area contributed by atoms with Crippen molar-refractivity contribution < 1.29 is 9.53 Å². The van der Waals surface area contributed by atoms with Crippen LogP contribution >= 0.6 is 11.8 Å². The van der Waals surface area contributed by atoms with Crippen molar-refractivity contribution in [3.8, 4) is 0 Å². The average molecular weight is 216 g/mol. The Hall–Kier alpha value is -0.260. The molecule has 2 fully saturated rings. The van der Waals surface area contributed by atoms with E-state index in [9.17, 15) is 4.79 Å². The highest BCUT2D eigenvalue weighted by atomic mass is 32.2. The number of carbonyl (C=O) groups is 1. The Bertz CT molecular complexity index is 219. The quantitative estimate of drug-likeness (QED) is 0.679. The summed E-state index contributed by atoms with van der Waals surface area (Å²) < 4.78 is 5.39. The van der Waals surface area contributed by atoms with E-state index < -0.39 is 0 Å². The minimum absolute atomic E-state index is 0.00667. The number of nitrogens with one attached hydrogen (secondary N) is 2. The monoisotopic (exact) mass is 216 g/mol. The van der Waals surface area contributed by atoms with Gasteiger partial charge in [-0.25, -0.2) is 0 Å². The summed E-state index contributed by atoms with van der Waals surface area (Å²) in [4.78, 5) is 11.7. The fourth-order valence-corrected chi connectivity index (χ4v) is 2.71. The molecular formula is C9H16N2O2S. The van der Waals surface area contributed by atoms with Gasteiger partial charge in [0.15, 0.2) is 0 Å². The van der Waals surface area contributed by atoms with E-state index in [-0.39, 0.29) is 24.1 Å². The molecule has 80 valence electrons. The normalized spacial score (nSPS) is 37.4. The van der Waals surface area contributed by atoms with Crippen molar-refractivity contribution in [2.24, 2.45) is 0 Å². The molecule has 2 rings (SSSR count). The Kier molecular flexibility index (Phi) is 3.30. The van der Waals surface area contributed by atoms with Gasteiger partial charge in [0.25, 0.3) is 0 Å². The van der Waals surface area contributed by atoms with Crippen LogP contribution in [0.25, 0.3) is 0 Å². The zero-order valence-corrected chi connectivity index (χ0v) is 9.10. The minimum atomic E-state index is -0.00667. The van der Waals surface area contributed by atoms with Crippen LogP contribution in [0.5, 0.6) is 0 Å². The number of rotatable bonds is 2. The molecule has 0 saturated carbocycles. The summed E-state index contributed by atoms with van der Waals surface area (Å²) in [6, 6.07) is 0.197. The number of hydrogen-bond acceptors (Lipinski definition) is 4. The first kappa shape index (κ1) is 10.3. The minimum Gasteiger partial charge on any atom is -0.376 e. The van der Waals surface area contributed by atoms with Gasteiger partial charge in [0.05, 0.1) is 18.2 Å². The Morgan fingerprint density at radius 3 is 3.07 bits per heavy atom. The molecule has 3 unspecified atom stereocenters. The van der Waals surface area contributed by atoms with Crippen LogP contribution in [0.4, 0.5) is 0 Å². The zero-order valence-electron chi connectivity index (χ0n) is 8.29. The highest BCUT2D eigenvalue weighted by Crippen LogP contribution is 2.14. The van der Waals surface area contributed by atoms with Gasteiger partial charge in [-0.15, -0.1) is 11.8 Å². The Labute approximate surface area is 88.1 Å². The molecule has 0 radical (unpaired) electrons. The molecule has 14 heavy (non-hydrogen) atoms. The van der Waals surface area contributed by atoms with Gasteiger partial charge in [0, 0.05) is 18.2 Å². The summed E-state index contributed by atoms with van der Waals surface area (Å²) >= 11 is 1.77. The Balaban J connectivity index is 1.81. The fraction of sp³-hybridized carbons (Fsp3) is 0.889.